The molecule has 2 N–H and O–H groups in total. The Kier molecular flexibility index (Phi) is 11.4. The van der Waals surface area contributed by atoms with Crippen LogP contribution >= 0.6 is 0 Å². The minimum absolute atomic E-state index is 0.317. The Hall–Kier alpha value is -3.77. The van der Waals surface area contributed by atoms with Gasteiger partial charge in [0.2, 0.25) is 10.0 Å². The molecule has 0 spiro atoms. The molecule has 0 saturated heterocycles. The zero-order valence-electron chi connectivity index (χ0n) is 23.0. The molecule has 0 atom stereocenters. The third kappa shape index (κ3) is 8.99. The van der Waals surface area contributed by atoms with Crippen LogP contribution in [-0.4, -0.2) is 31.3 Å². The van der Waals surface area contributed by atoms with Crippen LogP contribution in [-0.2, 0) is 15.4 Å². The molecule has 9 heteroatoms. The van der Waals surface area contributed by atoms with E-state index in [0.29, 0.717) is 28.3 Å². The summed E-state index contributed by atoms with van der Waals surface area (Å²) in [5.41, 5.74) is 1.71. The zero-order valence-corrected chi connectivity index (χ0v) is 23.8. The number of H-pyrrole nitrogens is 1. The lowest BCUT2D eigenvalue weighted by atomic mass is 9.84. The van der Waals surface area contributed by atoms with Gasteiger partial charge in [0.25, 0.3) is 5.56 Å². The summed E-state index contributed by atoms with van der Waals surface area (Å²) in [7, 11) is -1.80. The molecule has 37 heavy (non-hydrogen) atoms. The van der Waals surface area contributed by atoms with Gasteiger partial charge in [-0.25, -0.2) is 13.2 Å². The van der Waals surface area contributed by atoms with Gasteiger partial charge in [0.1, 0.15) is 5.75 Å². The van der Waals surface area contributed by atoms with Crippen molar-refractivity contribution in [3.05, 3.63) is 86.2 Å². The van der Waals surface area contributed by atoms with Gasteiger partial charge in [0.15, 0.2) is 0 Å². The van der Waals surface area contributed by atoms with E-state index in [1.165, 1.54) is 16.8 Å². The molecule has 0 aliphatic rings. The molecule has 3 rings (SSSR count). The smallest absolute Gasteiger partial charge is 0.332 e. The first-order chi connectivity index (χ1) is 17.4. The van der Waals surface area contributed by atoms with Gasteiger partial charge in [-0.2, -0.15) is 0 Å². The van der Waals surface area contributed by atoms with Crippen molar-refractivity contribution in [1.82, 2.24) is 9.55 Å². The highest BCUT2D eigenvalue weighted by atomic mass is 32.2. The first kappa shape index (κ1) is 31.3. The standard InChI is InChI=1S/C24H25N3O5S.2C2H6/c1-24(2,3)20-15-19(27-13-12-21(28)25-23(27)29)14-17(22(20)32-4)9-6-16-7-10-18(11-8-16)26-33(5,30)31;2*1-2/h7-8,10-15,26H,1-5H3,(H,25,28,29);2*1-2H3. The number of rotatable bonds is 4. The summed E-state index contributed by atoms with van der Waals surface area (Å²) >= 11 is 0. The van der Waals surface area contributed by atoms with E-state index in [1.54, 1.807) is 37.4 Å². The van der Waals surface area contributed by atoms with Gasteiger partial charge in [-0.3, -0.25) is 19.1 Å². The summed E-state index contributed by atoms with van der Waals surface area (Å²) in [4.78, 5) is 26.1. The molecule has 0 fully saturated rings. The van der Waals surface area contributed by atoms with Crippen molar-refractivity contribution < 1.29 is 13.2 Å². The minimum Gasteiger partial charge on any atom is -0.495 e. The van der Waals surface area contributed by atoms with Crippen LogP contribution in [0.2, 0.25) is 0 Å². The predicted octanol–water partition coefficient (Wildman–Crippen LogP) is 4.66. The molecule has 0 aliphatic carbocycles. The summed E-state index contributed by atoms with van der Waals surface area (Å²) in [6.07, 6.45) is 2.50. The molecule has 1 heterocycles. The molecule has 3 aromatic rings. The summed E-state index contributed by atoms with van der Waals surface area (Å²) in [6.45, 7) is 14.1. The highest BCUT2D eigenvalue weighted by Gasteiger charge is 2.22. The maximum atomic E-state index is 12.4. The molecular weight excluding hydrogens is 490 g/mol. The lowest BCUT2D eigenvalue weighted by molar-refractivity contribution is 0.396. The Bertz CT molecular complexity index is 1470. The van der Waals surface area contributed by atoms with Crippen molar-refractivity contribution in [3.8, 4) is 23.3 Å². The number of methoxy groups -OCH3 is 1. The third-order valence-electron chi connectivity index (χ3n) is 4.72. The van der Waals surface area contributed by atoms with Crippen LogP contribution in [0.5, 0.6) is 5.75 Å². The number of nitrogens with one attached hydrogen (secondary N) is 2. The van der Waals surface area contributed by atoms with Crippen LogP contribution in [0.3, 0.4) is 0 Å². The second-order valence-corrected chi connectivity index (χ2v) is 10.3. The quantitative estimate of drug-likeness (QED) is 0.480. The molecule has 8 nitrogen and oxygen atoms in total. The van der Waals surface area contributed by atoms with Gasteiger partial charge in [0.05, 0.1) is 24.6 Å². The first-order valence-electron chi connectivity index (χ1n) is 12.0. The molecule has 1 aromatic heterocycles. The molecule has 0 unspecified atom stereocenters. The van der Waals surface area contributed by atoms with Gasteiger partial charge in [-0.15, -0.1) is 0 Å². The van der Waals surface area contributed by atoms with Crippen molar-refractivity contribution in [2.45, 2.75) is 53.9 Å². The van der Waals surface area contributed by atoms with Crippen LogP contribution in [0.1, 0.15) is 65.2 Å². The summed E-state index contributed by atoms with van der Waals surface area (Å²) < 4.78 is 32.2. The lowest BCUT2D eigenvalue weighted by Gasteiger charge is -2.24. The molecular formula is C28H37N3O5S. The van der Waals surface area contributed by atoms with Crippen LogP contribution < -0.4 is 20.7 Å². The first-order valence-corrected chi connectivity index (χ1v) is 13.9. The fraction of sp³-hybridized carbons (Fsp3) is 0.357. The summed E-state index contributed by atoms with van der Waals surface area (Å²) in [5, 5.41) is 0. The Labute approximate surface area is 219 Å². The zero-order chi connectivity index (χ0) is 28.4. The molecule has 0 bridgehead atoms. The maximum Gasteiger partial charge on any atom is 0.332 e. The Morgan fingerprint density at radius 2 is 1.54 bits per heavy atom. The van der Waals surface area contributed by atoms with Gasteiger partial charge >= 0.3 is 5.69 Å². The lowest BCUT2D eigenvalue weighted by Crippen LogP contribution is -2.28. The number of nitrogens with zero attached hydrogens (tertiary/aromatic N) is 1. The highest BCUT2D eigenvalue weighted by Crippen LogP contribution is 2.35. The fourth-order valence-electron chi connectivity index (χ4n) is 3.22. The Morgan fingerprint density at radius 1 is 0.946 bits per heavy atom. The van der Waals surface area contributed by atoms with E-state index < -0.39 is 21.3 Å². The van der Waals surface area contributed by atoms with E-state index in [4.69, 9.17) is 4.74 Å². The normalized spacial score (nSPS) is 10.5. The summed E-state index contributed by atoms with van der Waals surface area (Å²) in [5.74, 6) is 6.74. The predicted molar refractivity (Wildman–Crippen MR) is 151 cm³/mol. The van der Waals surface area contributed by atoms with Gasteiger partial charge < -0.3 is 4.74 Å². The minimum atomic E-state index is -3.36. The SMILES string of the molecule is CC.CC.COc1c(C#Cc2ccc(NS(C)(=O)=O)cc2)cc(-n2ccc(=O)[nH]c2=O)cc1C(C)(C)C. The van der Waals surface area contributed by atoms with Crippen LogP contribution in [0, 0.1) is 11.8 Å². The molecule has 2 aromatic carbocycles. The number of hydrogen-bond donors (Lipinski definition) is 2. The van der Waals surface area contributed by atoms with Crippen molar-refractivity contribution in [2.75, 3.05) is 18.1 Å². The maximum absolute atomic E-state index is 12.4. The largest absolute Gasteiger partial charge is 0.495 e. The van der Waals surface area contributed by atoms with E-state index in [1.807, 2.05) is 54.5 Å². The monoisotopic (exact) mass is 527 g/mol. The average Bonchev–Trinajstić information content (AvgIpc) is 2.84. The number of aromatic nitrogens is 2. The van der Waals surface area contributed by atoms with E-state index in [-0.39, 0.29) is 5.41 Å². The van der Waals surface area contributed by atoms with Gasteiger partial charge in [-0.05, 0) is 41.8 Å². The van der Waals surface area contributed by atoms with Crippen LogP contribution in [0.15, 0.2) is 58.3 Å². The number of benzene rings is 2. The molecule has 0 amide bonds. The number of aromatic amines is 1. The van der Waals surface area contributed by atoms with Crippen molar-refractivity contribution in [1.29, 1.82) is 0 Å². The molecule has 0 radical (unpaired) electrons. The van der Waals surface area contributed by atoms with Crippen LogP contribution in [0.4, 0.5) is 5.69 Å². The van der Waals surface area contributed by atoms with E-state index in [2.05, 4.69) is 21.5 Å². The molecule has 0 saturated carbocycles. The second-order valence-electron chi connectivity index (χ2n) is 8.51. The molecule has 0 aliphatic heterocycles. The van der Waals surface area contributed by atoms with Gasteiger partial charge in [-0.1, -0.05) is 60.3 Å². The number of ether oxygens (including phenoxy) is 1. The van der Waals surface area contributed by atoms with Crippen molar-refractivity contribution in [2.24, 2.45) is 0 Å². The van der Waals surface area contributed by atoms with Crippen LogP contribution in [0.25, 0.3) is 5.69 Å². The third-order valence-corrected chi connectivity index (χ3v) is 5.32. The Balaban J connectivity index is 0.00000163. The topological polar surface area (TPSA) is 110 Å². The second kappa shape index (κ2) is 13.5. The molecule has 200 valence electrons. The average molecular weight is 528 g/mol. The van der Waals surface area contributed by atoms with E-state index in [9.17, 15) is 18.0 Å². The van der Waals surface area contributed by atoms with Gasteiger partial charge in [0, 0.05) is 29.1 Å². The van der Waals surface area contributed by atoms with E-state index >= 15 is 0 Å². The van der Waals surface area contributed by atoms with E-state index in [0.717, 1.165) is 11.8 Å². The number of anilines is 1. The number of hydrogen-bond acceptors (Lipinski definition) is 5. The number of sulfonamides is 1. The van der Waals surface area contributed by atoms with Crippen molar-refractivity contribution in [3.63, 3.8) is 0 Å². The summed E-state index contributed by atoms with van der Waals surface area (Å²) in [6, 6.07) is 11.5. The fourth-order valence-corrected chi connectivity index (χ4v) is 3.78. The Morgan fingerprint density at radius 3 is 2.03 bits per heavy atom. The van der Waals surface area contributed by atoms with Crippen molar-refractivity contribution >= 4 is 15.7 Å². The highest BCUT2D eigenvalue weighted by molar-refractivity contribution is 7.92.